The third-order valence-corrected chi connectivity index (χ3v) is 4.31. The molecule has 1 aromatic carbocycles. The molecule has 1 aromatic heterocycles. The lowest BCUT2D eigenvalue weighted by atomic mass is 9.92. The van der Waals surface area contributed by atoms with Gasteiger partial charge in [0.1, 0.15) is 0 Å². The first-order chi connectivity index (χ1) is 9.74. The summed E-state index contributed by atoms with van der Waals surface area (Å²) in [6, 6.07) is 8.76. The van der Waals surface area contributed by atoms with Gasteiger partial charge in [-0.25, -0.2) is 0 Å². The zero-order valence-electron chi connectivity index (χ0n) is 12.4. The molecule has 0 bridgehead atoms. The Morgan fingerprint density at radius 2 is 2.10 bits per heavy atom. The summed E-state index contributed by atoms with van der Waals surface area (Å²) in [4.78, 5) is 0. The predicted molar refractivity (Wildman–Crippen MR) is 82.7 cm³/mol. The third-order valence-electron chi connectivity index (χ3n) is 4.31. The van der Waals surface area contributed by atoms with E-state index < -0.39 is 0 Å². The summed E-state index contributed by atoms with van der Waals surface area (Å²) < 4.78 is 2.05. The van der Waals surface area contributed by atoms with Crippen LogP contribution in [0.2, 0.25) is 0 Å². The first-order valence-electron chi connectivity index (χ1n) is 7.52. The molecule has 3 heteroatoms. The summed E-state index contributed by atoms with van der Waals surface area (Å²) in [5, 5.41) is 7.98. The first-order valence-corrected chi connectivity index (χ1v) is 7.52. The summed E-state index contributed by atoms with van der Waals surface area (Å²) >= 11 is 0. The quantitative estimate of drug-likeness (QED) is 0.928. The number of aryl methyl sites for hydroxylation is 2. The number of hydrogen-bond donors (Lipinski definition) is 1. The van der Waals surface area contributed by atoms with E-state index in [4.69, 9.17) is 0 Å². The van der Waals surface area contributed by atoms with Crippen molar-refractivity contribution >= 4 is 0 Å². The van der Waals surface area contributed by atoms with Crippen LogP contribution in [0.15, 0.2) is 30.5 Å². The molecular formula is C17H23N3. The van der Waals surface area contributed by atoms with Crippen molar-refractivity contribution in [3.05, 3.63) is 41.7 Å². The average molecular weight is 269 g/mol. The van der Waals surface area contributed by atoms with Gasteiger partial charge in [0.05, 0.1) is 6.20 Å². The molecule has 1 N–H and O–H groups in total. The fourth-order valence-corrected chi connectivity index (χ4v) is 3.05. The molecule has 1 unspecified atom stereocenters. The van der Waals surface area contributed by atoms with Gasteiger partial charge < -0.3 is 5.32 Å². The van der Waals surface area contributed by atoms with E-state index in [1.165, 1.54) is 41.8 Å². The molecule has 106 valence electrons. The van der Waals surface area contributed by atoms with Gasteiger partial charge in [-0.2, -0.15) is 5.10 Å². The lowest BCUT2D eigenvalue weighted by Crippen LogP contribution is -2.31. The molecule has 1 fully saturated rings. The van der Waals surface area contributed by atoms with Gasteiger partial charge in [0.2, 0.25) is 0 Å². The Hall–Kier alpha value is -1.61. The molecule has 2 aromatic rings. The Morgan fingerprint density at radius 3 is 2.80 bits per heavy atom. The third kappa shape index (κ3) is 2.78. The monoisotopic (exact) mass is 269 g/mol. The molecule has 20 heavy (non-hydrogen) atoms. The number of rotatable bonds is 3. The van der Waals surface area contributed by atoms with Crippen molar-refractivity contribution in [1.29, 1.82) is 0 Å². The van der Waals surface area contributed by atoms with E-state index in [1.54, 1.807) is 0 Å². The van der Waals surface area contributed by atoms with E-state index in [-0.39, 0.29) is 0 Å². The molecule has 2 heterocycles. The van der Waals surface area contributed by atoms with Crippen molar-refractivity contribution in [3.63, 3.8) is 0 Å². The average Bonchev–Trinajstić information content (AvgIpc) is 2.83. The van der Waals surface area contributed by atoms with Crippen molar-refractivity contribution in [2.45, 2.75) is 26.2 Å². The van der Waals surface area contributed by atoms with Crippen molar-refractivity contribution in [2.75, 3.05) is 13.1 Å². The second kappa shape index (κ2) is 5.80. The molecule has 1 atom stereocenters. The van der Waals surface area contributed by atoms with E-state index >= 15 is 0 Å². The molecular weight excluding hydrogens is 246 g/mol. The SMILES string of the molecule is Cc1ccc(-c2cnn(C)c2CC2CCCNC2)cc1. The van der Waals surface area contributed by atoms with Gasteiger partial charge in [-0.3, -0.25) is 4.68 Å². The van der Waals surface area contributed by atoms with Gasteiger partial charge in [-0.1, -0.05) is 29.8 Å². The number of hydrogen-bond acceptors (Lipinski definition) is 2. The van der Waals surface area contributed by atoms with Gasteiger partial charge in [0.25, 0.3) is 0 Å². The van der Waals surface area contributed by atoms with Crippen LogP contribution in [0.25, 0.3) is 11.1 Å². The number of nitrogens with one attached hydrogen (secondary N) is 1. The van der Waals surface area contributed by atoms with E-state index in [0.29, 0.717) is 0 Å². The molecule has 0 spiro atoms. The smallest absolute Gasteiger partial charge is 0.0571 e. The van der Waals surface area contributed by atoms with Crippen LogP contribution in [0.1, 0.15) is 24.1 Å². The Bertz CT molecular complexity index is 562. The van der Waals surface area contributed by atoms with Gasteiger partial charge in [-0.15, -0.1) is 0 Å². The predicted octanol–water partition coefficient (Wildman–Crippen LogP) is 2.94. The van der Waals surface area contributed by atoms with Gasteiger partial charge in [0.15, 0.2) is 0 Å². The summed E-state index contributed by atoms with van der Waals surface area (Å²) in [5.41, 5.74) is 5.23. The number of aromatic nitrogens is 2. The molecule has 1 saturated heterocycles. The molecule has 3 rings (SSSR count). The Kier molecular flexibility index (Phi) is 3.88. The Labute approximate surface area is 121 Å². The van der Waals surface area contributed by atoms with Crippen LogP contribution in [0, 0.1) is 12.8 Å². The van der Waals surface area contributed by atoms with Crippen molar-refractivity contribution < 1.29 is 0 Å². The molecule has 0 radical (unpaired) electrons. The second-order valence-electron chi connectivity index (χ2n) is 5.91. The van der Waals surface area contributed by atoms with Gasteiger partial charge in [-0.05, 0) is 50.8 Å². The van der Waals surface area contributed by atoms with Crippen LogP contribution in [0.3, 0.4) is 0 Å². The van der Waals surface area contributed by atoms with Crippen LogP contribution < -0.4 is 5.32 Å². The minimum absolute atomic E-state index is 0.739. The highest BCUT2D eigenvalue weighted by molar-refractivity contribution is 5.65. The minimum atomic E-state index is 0.739. The Morgan fingerprint density at radius 1 is 1.30 bits per heavy atom. The molecule has 1 aliphatic heterocycles. The lowest BCUT2D eigenvalue weighted by molar-refractivity contribution is 0.370. The maximum absolute atomic E-state index is 4.48. The van der Waals surface area contributed by atoms with Crippen LogP contribution in [0.4, 0.5) is 0 Å². The van der Waals surface area contributed by atoms with Crippen molar-refractivity contribution in [1.82, 2.24) is 15.1 Å². The minimum Gasteiger partial charge on any atom is -0.316 e. The van der Waals surface area contributed by atoms with Crippen molar-refractivity contribution in [2.24, 2.45) is 13.0 Å². The number of piperidine rings is 1. The normalized spacial score (nSPS) is 19.2. The first kappa shape index (κ1) is 13.4. The van der Waals surface area contributed by atoms with E-state index in [1.807, 2.05) is 10.9 Å². The summed E-state index contributed by atoms with van der Waals surface area (Å²) in [6.07, 6.45) is 5.75. The van der Waals surface area contributed by atoms with Gasteiger partial charge in [0, 0.05) is 18.3 Å². The highest BCUT2D eigenvalue weighted by Gasteiger charge is 2.18. The van der Waals surface area contributed by atoms with Crippen LogP contribution in [0.5, 0.6) is 0 Å². The van der Waals surface area contributed by atoms with Crippen molar-refractivity contribution in [3.8, 4) is 11.1 Å². The molecule has 0 aliphatic carbocycles. The number of nitrogens with zero attached hydrogens (tertiary/aromatic N) is 2. The molecule has 0 saturated carbocycles. The van der Waals surface area contributed by atoms with E-state index in [2.05, 4.69) is 48.7 Å². The zero-order valence-corrected chi connectivity index (χ0v) is 12.4. The van der Waals surface area contributed by atoms with Crippen LogP contribution in [-0.4, -0.2) is 22.9 Å². The largest absolute Gasteiger partial charge is 0.316 e. The highest BCUT2D eigenvalue weighted by atomic mass is 15.3. The molecule has 0 amide bonds. The second-order valence-corrected chi connectivity index (χ2v) is 5.91. The standard InChI is InChI=1S/C17H23N3/c1-13-5-7-15(8-6-13)16-12-19-20(2)17(16)10-14-4-3-9-18-11-14/h5-8,12,14,18H,3-4,9-11H2,1-2H3. The van der Waals surface area contributed by atoms with E-state index in [9.17, 15) is 0 Å². The number of benzene rings is 1. The molecule has 1 aliphatic rings. The highest BCUT2D eigenvalue weighted by Crippen LogP contribution is 2.27. The maximum Gasteiger partial charge on any atom is 0.0571 e. The summed E-state index contributed by atoms with van der Waals surface area (Å²) in [7, 11) is 2.06. The van der Waals surface area contributed by atoms with Gasteiger partial charge >= 0.3 is 0 Å². The fourth-order valence-electron chi connectivity index (χ4n) is 3.05. The maximum atomic E-state index is 4.48. The topological polar surface area (TPSA) is 29.9 Å². The van der Waals surface area contributed by atoms with Crippen LogP contribution in [-0.2, 0) is 13.5 Å². The molecule has 3 nitrogen and oxygen atoms in total. The summed E-state index contributed by atoms with van der Waals surface area (Å²) in [6.45, 7) is 4.44. The summed E-state index contributed by atoms with van der Waals surface area (Å²) in [5.74, 6) is 0.739. The fraction of sp³-hybridized carbons (Fsp3) is 0.471. The Balaban J connectivity index is 1.86. The van der Waals surface area contributed by atoms with Crippen LogP contribution >= 0.6 is 0 Å². The lowest BCUT2D eigenvalue weighted by Gasteiger charge is -2.23. The zero-order chi connectivity index (χ0) is 13.9. The van der Waals surface area contributed by atoms with E-state index in [0.717, 1.165) is 18.9 Å².